The van der Waals surface area contributed by atoms with Crippen molar-refractivity contribution in [1.82, 2.24) is 20.4 Å². The van der Waals surface area contributed by atoms with Crippen molar-refractivity contribution < 1.29 is 9.59 Å². The summed E-state index contributed by atoms with van der Waals surface area (Å²) < 4.78 is 0. The number of halogens is 1. The third-order valence-electron chi connectivity index (χ3n) is 6.92. The van der Waals surface area contributed by atoms with Crippen LogP contribution in [0.5, 0.6) is 0 Å². The van der Waals surface area contributed by atoms with Gasteiger partial charge in [-0.1, -0.05) is 35.2 Å². The third kappa shape index (κ3) is 5.51. The van der Waals surface area contributed by atoms with Gasteiger partial charge in [0.15, 0.2) is 0 Å². The van der Waals surface area contributed by atoms with Gasteiger partial charge in [0.1, 0.15) is 6.04 Å². The number of hydrogen-bond acceptors (Lipinski definition) is 5. The second-order valence-corrected chi connectivity index (χ2v) is 10.3. The van der Waals surface area contributed by atoms with E-state index in [-0.39, 0.29) is 24.3 Å². The molecule has 0 radical (unpaired) electrons. The molecule has 2 aliphatic heterocycles. The predicted octanol–water partition coefficient (Wildman–Crippen LogP) is 2.00. The fraction of sp³-hybridized carbons (Fsp3) is 0.857. The van der Waals surface area contributed by atoms with Crippen molar-refractivity contribution in [3.8, 4) is 0 Å². The molecule has 2 heterocycles. The Hall–Kier alpha value is -1.15. The molecule has 3 fully saturated rings. The lowest BCUT2D eigenvalue weighted by atomic mass is 9.94. The van der Waals surface area contributed by atoms with Crippen LogP contribution in [0.2, 0.25) is 0 Å². The van der Waals surface area contributed by atoms with Crippen molar-refractivity contribution in [3.63, 3.8) is 0 Å². The molecular weight excluding hydrogens is 434 g/mol. The number of guanidine groups is 1. The van der Waals surface area contributed by atoms with Gasteiger partial charge >= 0.3 is 0 Å². The molecule has 4 rings (SSSR count). The molecule has 29 heavy (non-hydrogen) atoms. The molecule has 0 bridgehead atoms. The third-order valence-corrected chi connectivity index (χ3v) is 7.84. The molecular formula is C21H34BrN5O2. The number of nitrogens with one attached hydrogen (secondary N) is 2. The van der Waals surface area contributed by atoms with E-state index in [1.807, 2.05) is 0 Å². The molecule has 8 heteroatoms. The van der Waals surface area contributed by atoms with Gasteiger partial charge in [-0.05, 0) is 38.5 Å². The van der Waals surface area contributed by atoms with Crippen LogP contribution in [0.25, 0.3) is 0 Å². The van der Waals surface area contributed by atoms with Gasteiger partial charge in [-0.25, -0.2) is 4.99 Å². The van der Waals surface area contributed by atoms with E-state index in [9.17, 15) is 9.59 Å². The Morgan fingerprint density at radius 3 is 2.41 bits per heavy atom. The first-order valence-corrected chi connectivity index (χ1v) is 12.3. The van der Waals surface area contributed by atoms with Gasteiger partial charge in [0.05, 0.1) is 6.42 Å². The van der Waals surface area contributed by atoms with E-state index < -0.39 is 6.04 Å². The van der Waals surface area contributed by atoms with Crippen LogP contribution in [0.3, 0.4) is 0 Å². The summed E-state index contributed by atoms with van der Waals surface area (Å²) in [6.07, 6.45) is 11.1. The minimum atomic E-state index is -0.589. The number of nitrogens with zero attached hydrogens (tertiary/aromatic N) is 3. The zero-order chi connectivity index (χ0) is 20.2. The monoisotopic (exact) mass is 467 g/mol. The Morgan fingerprint density at radius 2 is 1.72 bits per heavy atom. The Kier molecular flexibility index (Phi) is 7.11. The van der Waals surface area contributed by atoms with Gasteiger partial charge in [-0.15, -0.1) is 0 Å². The first-order chi connectivity index (χ1) is 14.1. The van der Waals surface area contributed by atoms with Crippen LogP contribution in [0, 0.1) is 0 Å². The van der Waals surface area contributed by atoms with Crippen LogP contribution in [-0.4, -0.2) is 76.7 Å². The average molecular weight is 468 g/mol. The molecule has 0 spiro atoms. The van der Waals surface area contributed by atoms with Crippen LogP contribution in [-0.2, 0) is 9.59 Å². The van der Waals surface area contributed by atoms with Gasteiger partial charge in [-0.2, -0.15) is 0 Å². The van der Waals surface area contributed by atoms with Gasteiger partial charge in [-0.3, -0.25) is 19.8 Å². The highest BCUT2D eigenvalue weighted by Gasteiger charge is 2.34. The van der Waals surface area contributed by atoms with Gasteiger partial charge < -0.3 is 10.2 Å². The Balaban J connectivity index is 1.24. The normalized spacial score (nSPS) is 32.0. The van der Waals surface area contributed by atoms with E-state index in [4.69, 9.17) is 0 Å². The smallest absolute Gasteiger partial charge is 0.252 e. The van der Waals surface area contributed by atoms with E-state index in [1.54, 1.807) is 0 Å². The van der Waals surface area contributed by atoms with Crippen LogP contribution >= 0.6 is 15.9 Å². The lowest BCUT2D eigenvalue weighted by Gasteiger charge is -2.41. The van der Waals surface area contributed by atoms with Gasteiger partial charge in [0.25, 0.3) is 5.91 Å². The first-order valence-electron chi connectivity index (χ1n) is 11.4. The maximum Gasteiger partial charge on any atom is 0.252 e. The Bertz CT molecular complexity index is 621. The zero-order valence-electron chi connectivity index (χ0n) is 17.2. The molecule has 0 aromatic carbocycles. The van der Waals surface area contributed by atoms with E-state index in [0.717, 1.165) is 57.9 Å². The summed E-state index contributed by atoms with van der Waals surface area (Å²) in [4.78, 5) is 34.7. The molecule has 1 saturated heterocycles. The number of hydrogen-bond donors (Lipinski definition) is 2. The summed E-state index contributed by atoms with van der Waals surface area (Å²) in [5.74, 6) is 0.459. The molecule has 1 unspecified atom stereocenters. The zero-order valence-corrected chi connectivity index (χ0v) is 18.8. The second-order valence-electron chi connectivity index (χ2n) is 8.99. The molecule has 2 amide bonds. The van der Waals surface area contributed by atoms with Gasteiger partial charge in [0.2, 0.25) is 11.9 Å². The maximum atomic E-state index is 12.4. The van der Waals surface area contributed by atoms with Crippen LogP contribution in [0.4, 0.5) is 0 Å². The Morgan fingerprint density at radius 1 is 1.03 bits per heavy atom. The van der Waals surface area contributed by atoms with Crippen molar-refractivity contribution in [2.45, 2.75) is 87.2 Å². The number of piperazine rings is 1. The van der Waals surface area contributed by atoms with Crippen molar-refractivity contribution in [1.29, 1.82) is 0 Å². The molecule has 4 aliphatic rings. The number of alkyl halides is 1. The van der Waals surface area contributed by atoms with Crippen LogP contribution in [0.15, 0.2) is 4.99 Å². The fourth-order valence-electron chi connectivity index (χ4n) is 5.14. The summed E-state index contributed by atoms with van der Waals surface area (Å²) >= 11 is 3.64. The van der Waals surface area contributed by atoms with E-state index in [1.165, 1.54) is 32.1 Å². The highest BCUT2D eigenvalue weighted by molar-refractivity contribution is 9.09. The molecule has 2 saturated carbocycles. The van der Waals surface area contributed by atoms with Gasteiger partial charge in [0, 0.05) is 43.1 Å². The lowest BCUT2D eigenvalue weighted by Crippen LogP contribution is -2.54. The summed E-state index contributed by atoms with van der Waals surface area (Å²) in [5.41, 5.74) is 0. The SMILES string of the molecule is O=C(CC1N=C(N2CCN(C3CCCCC3)CC2)NC1=O)NC1CCC(Br)CC1. The summed E-state index contributed by atoms with van der Waals surface area (Å²) in [7, 11) is 0. The minimum absolute atomic E-state index is 0.0599. The fourth-order valence-corrected chi connectivity index (χ4v) is 5.66. The molecule has 7 nitrogen and oxygen atoms in total. The Labute approximate surface area is 182 Å². The van der Waals surface area contributed by atoms with Crippen molar-refractivity contribution in [2.24, 2.45) is 4.99 Å². The number of carbonyl (C=O) groups excluding carboxylic acids is 2. The number of rotatable bonds is 4. The molecule has 0 aromatic heterocycles. The minimum Gasteiger partial charge on any atom is -0.353 e. The van der Waals surface area contributed by atoms with Crippen molar-refractivity contribution >= 4 is 33.7 Å². The van der Waals surface area contributed by atoms with E-state index >= 15 is 0 Å². The predicted molar refractivity (Wildman–Crippen MR) is 117 cm³/mol. The van der Waals surface area contributed by atoms with Crippen LogP contribution in [0.1, 0.15) is 64.2 Å². The maximum absolute atomic E-state index is 12.4. The molecule has 162 valence electrons. The van der Waals surface area contributed by atoms with E-state index in [0.29, 0.717) is 10.8 Å². The highest BCUT2D eigenvalue weighted by atomic mass is 79.9. The molecule has 2 aliphatic carbocycles. The largest absolute Gasteiger partial charge is 0.353 e. The topological polar surface area (TPSA) is 77.0 Å². The van der Waals surface area contributed by atoms with Crippen molar-refractivity contribution in [2.75, 3.05) is 26.2 Å². The summed E-state index contributed by atoms with van der Waals surface area (Å²) in [6, 6.07) is 0.382. The summed E-state index contributed by atoms with van der Waals surface area (Å²) in [5, 5.41) is 6.01. The number of aliphatic imine (C=N–C) groups is 1. The second kappa shape index (κ2) is 9.77. The molecule has 2 N–H and O–H groups in total. The highest BCUT2D eigenvalue weighted by Crippen LogP contribution is 2.25. The van der Waals surface area contributed by atoms with Crippen molar-refractivity contribution in [3.05, 3.63) is 0 Å². The summed E-state index contributed by atoms with van der Waals surface area (Å²) in [6.45, 7) is 3.84. The quantitative estimate of drug-likeness (QED) is 0.619. The number of carbonyl (C=O) groups is 2. The molecule has 0 aromatic rings. The average Bonchev–Trinajstić information content (AvgIpc) is 3.10. The number of amides is 2. The first kappa shape index (κ1) is 21.1. The standard InChI is InChI=1S/C21H34BrN5O2/c22-15-6-8-16(9-7-15)23-19(28)14-18-20(29)25-21(24-18)27-12-10-26(11-13-27)17-4-2-1-3-5-17/h15-18H,1-14H2,(H,23,28)(H,24,25,29). The van der Waals surface area contributed by atoms with E-state index in [2.05, 4.69) is 41.4 Å². The lowest BCUT2D eigenvalue weighted by molar-refractivity contribution is -0.126. The molecule has 1 atom stereocenters. The van der Waals surface area contributed by atoms with Crippen LogP contribution < -0.4 is 10.6 Å².